The molecular formula is C19H47BN. The molecule has 0 aliphatic carbocycles. The van der Waals surface area contributed by atoms with E-state index in [1.54, 1.807) is 12.4 Å². The molecule has 1 rings (SSSR count). The number of nitrogens with zero attached hydrogens (tertiary/aromatic N) is 1. The van der Waals surface area contributed by atoms with Crippen LogP contribution in [0, 0.1) is 0 Å². The molecule has 0 aliphatic heterocycles. The molecule has 0 saturated heterocycles. The van der Waals surface area contributed by atoms with Crippen LogP contribution >= 0.6 is 0 Å². The summed E-state index contributed by atoms with van der Waals surface area (Å²) in [6.07, 6.45) is 4.75. The number of pyridine rings is 1. The molecule has 3 radical (unpaired) electrons. The second-order valence-electron chi connectivity index (χ2n) is 1.73. The zero-order valence-electron chi connectivity index (χ0n) is 18.6. The minimum atomic E-state index is 0. The average molecular weight is 302 g/mol. The molecule has 0 bridgehead atoms. The molecule has 2 heteroatoms. The third kappa shape index (κ3) is 209. The van der Waals surface area contributed by atoms with Crippen molar-refractivity contribution in [3.63, 3.8) is 0 Å². The Hall–Kier alpha value is -0.785. The number of hydrogen-bond acceptors (Lipinski definition) is 1. The number of aromatic nitrogens is 1. The van der Waals surface area contributed by atoms with Gasteiger partial charge in [0, 0.05) is 22.2 Å². The van der Waals surface area contributed by atoms with Gasteiger partial charge in [0.05, 0.1) is 0 Å². The molecule has 0 fully saturated rings. The van der Waals surface area contributed by atoms with Crippen LogP contribution in [0.3, 0.4) is 0 Å². The topological polar surface area (TPSA) is 12.9 Å². The molecular weight excluding hydrogens is 253 g/mol. The van der Waals surface area contributed by atoms with E-state index in [-0.39, 0.29) is 8.41 Å². The van der Waals surface area contributed by atoms with E-state index in [1.165, 1.54) is 13.8 Å². The van der Waals surface area contributed by atoms with Crippen LogP contribution < -0.4 is 0 Å². The van der Waals surface area contributed by atoms with E-state index >= 15 is 0 Å². The van der Waals surface area contributed by atoms with E-state index in [1.807, 2.05) is 87.4 Å². The Morgan fingerprint density at radius 1 is 0.667 bits per heavy atom. The Morgan fingerprint density at radius 3 is 0.905 bits per heavy atom. The lowest BCUT2D eigenvalue weighted by atomic mass is 10.5. The Bertz CT molecular complexity index is 100. The van der Waals surface area contributed by atoms with Crippen LogP contribution in [0.25, 0.3) is 0 Å². The first kappa shape index (κ1) is 42.7. The maximum Gasteiger partial charge on any atom is 0.0267 e. The minimum Gasteiger partial charge on any atom is -0.265 e. The summed E-state index contributed by atoms with van der Waals surface area (Å²) in [4.78, 5) is 3.78. The van der Waals surface area contributed by atoms with Crippen LogP contribution in [-0.4, -0.2) is 13.4 Å². The van der Waals surface area contributed by atoms with Crippen molar-refractivity contribution in [3.05, 3.63) is 30.6 Å². The molecule has 1 nitrogen and oxygen atoms in total. The van der Waals surface area contributed by atoms with Gasteiger partial charge in [-0.15, -0.1) is 0 Å². The van der Waals surface area contributed by atoms with Gasteiger partial charge >= 0.3 is 0 Å². The summed E-state index contributed by atoms with van der Waals surface area (Å²) in [5.41, 5.74) is 0. The van der Waals surface area contributed by atoms with E-state index in [4.69, 9.17) is 1.37 Å². The maximum atomic E-state index is 5.75. The van der Waals surface area contributed by atoms with E-state index in [0.29, 0.717) is 0 Å². The zero-order valence-corrected chi connectivity index (χ0v) is 17.6. The molecule has 0 spiro atoms. The first-order chi connectivity index (χ1) is 10.4. The highest BCUT2D eigenvalue weighted by molar-refractivity contribution is 5.75. The molecule has 0 amide bonds. The highest BCUT2D eigenvalue weighted by Gasteiger charge is 1.58. The van der Waals surface area contributed by atoms with Crippen molar-refractivity contribution in [2.45, 2.75) is 96.9 Å². The first-order valence-corrected chi connectivity index (χ1v) is 8.26. The predicted molar refractivity (Wildman–Crippen MR) is 109 cm³/mol. The van der Waals surface area contributed by atoms with Gasteiger partial charge in [-0.05, 0) is 12.1 Å². The van der Waals surface area contributed by atoms with Crippen molar-refractivity contribution in [1.82, 2.24) is 4.98 Å². The van der Waals surface area contributed by atoms with Gasteiger partial charge in [0.2, 0.25) is 0 Å². The third-order valence-corrected chi connectivity index (χ3v) is 0.566. The largest absolute Gasteiger partial charge is 0.265 e. The minimum absolute atomic E-state index is 0. The van der Waals surface area contributed by atoms with Crippen LogP contribution in [0.2, 0.25) is 0 Å². The van der Waals surface area contributed by atoms with Crippen LogP contribution in [0.5, 0.6) is 0 Å². The van der Waals surface area contributed by atoms with Gasteiger partial charge in [0.1, 0.15) is 0 Å². The summed E-state index contributed by atoms with van der Waals surface area (Å²) in [6.45, 7) is 24.2. The van der Waals surface area contributed by atoms with Crippen LogP contribution in [0.1, 0.15) is 98.3 Å². The van der Waals surface area contributed by atoms with Gasteiger partial charge in [0.15, 0.2) is 0 Å². The van der Waals surface area contributed by atoms with Crippen LogP contribution in [0.15, 0.2) is 30.6 Å². The predicted octanol–water partition coefficient (Wildman–Crippen LogP) is 7.88. The fourth-order valence-electron chi connectivity index (χ4n) is 0.313. The highest BCUT2D eigenvalue weighted by Crippen LogP contribution is 1.73. The Balaban J connectivity index is -0.0000000182. The molecule has 0 unspecified atom stereocenters. The Labute approximate surface area is 143 Å². The summed E-state index contributed by atoms with van der Waals surface area (Å²) in [5.74, 6) is 0. The van der Waals surface area contributed by atoms with Crippen LogP contribution in [-0.2, 0) is 0 Å². The molecule has 0 N–H and O–H groups in total. The molecule has 1 aromatic rings. The molecule has 21 heavy (non-hydrogen) atoms. The summed E-state index contributed by atoms with van der Waals surface area (Å²) in [7, 11) is 1.25. The van der Waals surface area contributed by atoms with E-state index in [2.05, 4.69) is 18.8 Å². The van der Waals surface area contributed by atoms with Gasteiger partial charge in [-0.25, -0.2) is 0 Å². The molecule has 131 valence electrons. The van der Waals surface area contributed by atoms with E-state index in [9.17, 15) is 0 Å². The zero-order chi connectivity index (χ0) is 18.9. The smallest absolute Gasteiger partial charge is 0.0267 e. The third-order valence-electron chi connectivity index (χ3n) is 0.566. The van der Waals surface area contributed by atoms with Gasteiger partial charge in [-0.1, -0.05) is 103 Å². The van der Waals surface area contributed by atoms with E-state index in [0.717, 1.165) is 0 Å². The molecule has 1 aromatic heterocycles. The molecule has 0 saturated carbocycles. The van der Waals surface area contributed by atoms with Crippen molar-refractivity contribution >= 4 is 8.41 Å². The lowest BCUT2D eigenvalue weighted by molar-refractivity contribution is 1.09. The van der Waals surface area contributed by atoms with Gasteiger partial charge in [0.25, 0.3) is 0 Å². The highest BCUT2D eigenvalue weighted by atomic mass is 14.6. The van der Waals surface area contributed by atoms with Crippen LogP contribution in [0.4, 0.5) is 0 Å². The van der Waals surface area contributed by atoms with Gasteiger partial charge in [-0.3, -0.25) is 4.98 Å². The average Bonchev–Trinajstić information content (AvgIpc) is 2.67. The fourth-order valence-corrected chi connectivity index (χ4v) is 0.313. The lowest BCUT2D eigenvalue weighted by Gasteiger charge is -1.70. The maximum absolute atomic E-state index is 5.75. The summed E-state index contributed by atoms with van der Waals surface area (Å²) in [5, 5.41) is 0. The van der Waals surface area contributed by atoms with Crippen molar-refractivity contribution in [2.75, 3.05) is 0 Å². The Morgan fingerprint density at radius 2 is 0.857 bits per heavy atom. The lowest BCUT2D eigenvalue weighted by Crippen LogP contribution is -1.58. The second kappa shape index (κ2) is 165. The van der Waals surface area contributed by atoms with Crippen molar-refractivity contribution < 1.29 is 1.37 Å². The van der Waals surface area contributed by atoms with Crippen molar-refractivity contribution in [2.24, 2.45) is 0 Å². The standard InChI is InChI=1S/C5H5N.C3H8.5C2H6.CH4.B/c1-2-4-6-5-3-1;1-3-2;5*1-2;;/h1-5H;3H2,1-2H3;5*1-2H3;1H4;/i;;;;;;;1T;. The summed E-state index contributed by atoms with van der Waals surface area (Å²) in [6, 6.07) is 5.72. The number of hydrogen-bond donors (Lipinski definition) is 0. The summed E-state index contributed by atoms with van der Waals surface area (Å²) < 4.78 is 5.75. The molecule has 0 atom stereocenters. The van der Waals surface area contributed by atoms with Crippen molar-refractivity contribution in [3.8, 4) is 0 Å². The monoisotopic (exact) mass is 302 g/mol. The Kier molecular flexibility index (Phi) is 336. The normalized spacial score (nSPS) is 4.90. The summed E-state index contributed by atoms with van der Waals surface area (Å²) >= 11 is 0. The SMILES string of the molecule is CC.CC.CC.CC.CC.CCC.[3H]C.[B].c1ccncc1. The first-order valence-electron chi connectivity index (χ1n) is 9.26. The fraction of sp³-hybridized carbons (Fsp3) is 0.737. The van der Waals surface area contributed by atoms with Crippen molar-refractivity contribution in [1.29, 1.82) is 0 Å². The van der Waals surface area contributed by atoms with Gasteiger partial charge in [-0.2, -0.15) is 0 Å². The molecule has 1 heterocycles. The number of rotatable bonds is 0. The molecule has 0 aromatic carbocycles. The van der Waals surface area contributed by atoms with E-state index < -0.39 is 0 Å². The quantitative estimate of drug-likeness (QED) is 0.444. The van der Waals surface area contributed by atoms with Gasteiger partial charge < -0.3 is 0 Å². The molecule has 0 aliphatic rings. The second-order valence-corrected chi connectivity index (χ2v) is 1.73.